The predicted octanol–water partition coefficient (Wildman–Crippen LogP) is 11.9. The number of hydrogen-bond acceptors (Lipinski definition) is 0. The van der Waals surface area contributed by atoms with E-state index in [4.69, 9.17) is 0 Å². The molecule has 7 rings (SSSR count). The van der Waals surface area contributed by atoms with Gasteiger partial charge < -0.3 is 0 Å². The fourth-order valence-corrected chi connectivity index (χ4v) is 25.7. The van der Waals surface area contributed by atoms with Gasteiger partial charge in [-0.1, -0.05) is 0 Å². The molecule has 1 heterocycles. The average Bonchev–Trinajstić information content (AvgIpc) is 3.58. The van der Waals surface area contributed by atoms with E-state index in [0.29, 0.717) is 7.35 Å². The summed E-state index contributed by atoms with van der Waals surface area (Å²) in [5.74, 6) is 0. The first-order valence-corrected chi connectivity index (χ1v) is 26.0. The number of alkyl halides is 6. The van der Waals surface area contributed by atoms with Crippen molar-refractivity contribution >= 4 is 12.2 Å². The summed E-state index contributed by atoms with van der Waals surface area (Å²) in [4.78, 5) is 0. The van der Waals surface area contributed by atoms with E-state index in [1.54, 1.807) is 24.3 Å². The second-order valence-corrected chi connectivity index (χ2v) is 30.5. The molecule has 0 N–H and O–H groups in total. The van der Waals surface area contributed by atoms with Crippen molar-refractivity contribution in [2.45, 2.75) is 42.9 Å². The number of rotatable bonds is 2. The number of allylic oxidation sites excluding steroid dienone is 2. The van der Waals surface area contributed by atoms with E-state index in [2.05, 4.69) is 47.5 Å². The molecule has 1 saturated heterocycles. The third-order valence-corrected chi connectivity index (χ3v) is 25.3. The molecule has 0 spiro atoms. The molecule has 0 nitrogen and oxygen atoms in total. The molecule has 0 bridgehead atoms. The van der Waals surface area contributed by atoms with Crippen LogP contribution < -0.4 is 0 Å². The maximum atomic E-state index is 13.3. The molecular formula is C37H30F6Hf. The zero-order chi connectivity index (χ0) is 31.4. The van der Waals surface area contributed by atoms with Crippen LogP contribution in [0.25, 0.3) is 34.4 Å². The fraction of sp³-hybridized carbons (Fsp3) is 0.243. The molecule has 7 heteroatoms. The van der Waals surface area contributed by atoms with Crippen molar-refractivity contribution in [3.63, 3.8) is 0 Å². The van der Waals surface area contributed by atoms with Crippen molar-refractivity contribution in [3.8, 4) is 22.3 Å². The van der Waals surface area contributed by atoms with Crippen molar-refractivity contribution in [2.75, 3.05) is 0 Å². The van der Waals surface area contributed by atoms with E-state index in [1.807, 2.05) is 24.3 Å². The second-order valence-electron chi connectivity index (χ2n) is 13.3. The molecule has 2 aliphatic carbocycles. The van der Waals surface area contributed by atoms with E-state index in [-0.39, 0.29) is 5.41 Å². The van der Waals surface area contributed by atoms with Crippen LogP contribution in [0.5, 0.6) is 0 Å². The molecule has 0 amide bonds. The van der Waals surface area contributed by atoms with Crippen LogP contribution in [-0.2, 0) is 32.3 Å². The third kappa shape index (κ3) is 4.36. The number of benzene rings is 4. The molecule has 1 aliphatic heterocycles. The molecule has 4 aromatic carbocycles. The summed E-state index contributed by atoms with van der Waals surface area (Å²) in [5.41, 5.74) is 9.31. The van der Waals surface area contributed by atoms with E-state index < -0.39 is 43.4 Å². The molecule has 0 saturated carbocycles. The van der Waals surface area contributed by atoms with Gasteiger partial charge >= 0.3 is 258 Å². The molecule has 44 heavy (non-hydrogen) atoms. The Hall–Kier alpha value is -3.19. The van der Waals surface area contributed by atoms with Crippen LogP contribution in [0.2, 0.25) is 9.36 Å². The predicted molar refractivity (Wildman–Crippen MR) is 161 cm³/mol. The van der Waals surface area contributed by atoms with Crippen molar-refractivity contribution in [2.24, 2.45) is 5.41 Å². The zero-order valence-electron chi connectivity index (χ0n) is 24.7. The monoisotopic (exact) mass is 768 g/mol. The first kappa shape index (κ1) is 29.5. The van der Waals surface area contributed by atoms with Gasteiger partial charge in [0.25, 0.3) is 0 Å². The van der Waals surface area contributed by atoms with E-state index in [9.17, 15) is 26.3 Å². The third-order valence-electron chi connectivity index (χ3n) is 10.1. The topological polar surface area (TPSA) is 0 Å². The Balaban J connectivity index is 1.34. The summed E-state index contributed by atoms with van der Waals surface area (Å²) >= 11 is -3.35. The number of halogens is 6. The first-order chi connectivity index (χ1) is 20.6. The van der Waals surface area contributed by atoms with Crippen LogP contribution >= 0.6 is 0 Å². The minimum absolute atomic E-state index is 0.280. The molecule has 4 aromatic rings. The van der Waals surface area contributed by atoms with Crippen molar-refractivity contribution in [1.29, 1.82) is 0 Å². The van der Waals surface area contributed by atoms with Crippen LogP contribution in [0.1, 0.15) is 54.6 Å². The Morgan fingerprint density at radius 3 is 1.25 bits per heavy atom. The molecule has 0 radical (unpaired) electrons. The van der Waals surface area contributed by atoms with Gasteiger partial charge in [0.2, 0.25) is 0 Å². The molecule has 2 unspecified atom stereocenters. The van der Waals surface area contributed by atoms with Gasteiger partial charge in [-0.05, 0) is 0 Å². The van der Waals surface area contributed by atoms with Gasteiger partial charge in [-0.25, -0.2) is 0 Å². The Kier molecular flexibility index (Phi) is 6.48. The van der Waals surface area contributed by atoms with Gasteiger partial charge in [0.05, 0.1) is 0 Å². The van der Waals surface area contributed by atoms with Crippen molar-refractivity contribution < 1.29 is 46.3 Å². The van der Waals surface area contributed by atoms with Crippen LogP contribution in [0.3, 0.4) is 0 Å². The van der Waals surface area contributed by atoms with Gasteiger partial charge in [-0.15, -0.1) is 0 Å². The van der Waals surface area contributed by atoms with Crippen molar-refractivity contribution in [3.05, 3.63) is 129 Å². The number of fused-ring (bicyclic) bond motifs is 6. The molecule has 0 aromatic heterocycles. The zero-order valence-corrected chi connectivity index (χ0v) is 28.3. The first-order valence-electron chi connectivity index (χ1n) is 14.7. The quantitative estimate of drug-likeness (QED) is 0.141. The summed E-state index contributed by atoms with van der Waals surface area (Å²) < 4.78 is 85.2. The summed E-state index contributed by atoms with van der Waals surface area (Å²) in [6.07, 6.45) is -4.17. The maximum absolute atomic E-state index is 13.3. The molecule has 224 valence electrons. The Morgan fingerprint density at radius 1 is 0.545 bits per heavy atom. The Bertz CT molecular complexity index is 1730. The van der Waals surface area contributed by atoms with Gasteiger partial charge in [-0.3, -0.25) is 0 Å². The second kappa shape index (κ2) is 9.65. The van der Waals surface area contributed by atoms with Crippen LogP contribution in [0.15, 0.2) is 96.1 Å². The Labute approximate surface area is 257 Å². The standard InChI is InChI=1S/C35H24F6.2CH3.Hf/c1-33(2,27-17-23-5-3-7-29(31(23)19-27)21-9-13-25(14-10-21)34(36,37)38)28-18-24-6-4-8-30(32(24)20-28)22-11-15-26(16-12-22)35(39,40)41;;;/h3-20H,1-2H3;2*1H3;. The molecule has 2 atom stereocenters. The average molecular weight is 767 g/mol. The molecule has 3 aliphatic rings. The summed E-state index contributed by atoms with van der Waals surface area (Å²) in [6, 6.07) is 23.3. The number of hydrogen-bond donors (Lipinski definition) is 0. The molecular weight excluding hydrogens is 737 g/mol. The summed E-state index contributed by atoms with van der Waals surface area (Å²) in [7, 11) is 0. The van der Waals surface area contributed by atoms with Crippen LogP contribution in [0, 0.1) is 5.41 Å². The van der Waals surface area contributed by atoms with E-state index in [0.717, 1.165) is 57.6 Å². The summed E-state index contributed by atoms with van der Waals surface area (Å²) in [6.45, 7) is 4.53. The fourth-order valence-electron chi connectivity index (χ4n) is 8.00. The van der Waals surface area contributed by atoms with E-state index >= 15 is 0 Å². The SMILES string of the molecule is CC1(C)C2=Cc3c(-c4ccc(C(F)(F)F)cc4)cccc3[CH]2[Hf]([CH3])([CH3])[CH]2C1=Cc1c(-c3ccc(C(F)(F)F)cc3)cccc12. The van der Waals surface area contributed by atoms with Gasteiger partial charge in [0.15, 0.2) is 0 Å². The van der Waals surface area contributed by atoms with Gasteiger partial charge in [0.1, 0.15) is 0 Å². The minimum atomic E-state index is -4.38. The normalized spacial score (nSPS) is 21.1. The van der Waals surface area contributed by atoms with Gasteiger partial charge in [0, 0.05) is 0 Å². The summed E-state index contributed by atoms with van der Waals surface area (Å²) in [5, 5.41) is 0. The Morgan fingerprint density at radius 2 is 0.909 bits per heavy atom. The molecule has 1 fully saturated rings. The van der Waals surface area contributed by atoms with Crippen LogP contribution in [-0.4, -0.2) is 0 Å². The van der Waals surface area contributed by atoms with Crippen LogP contribution in [0.4, 0.5) is 26.3 Å². The van der Waals surface area contributed by atoms with Crippen molar-refractivity contribution in [1.82, 2.24) is 0 Å². The van der Waals surface area contributed by atoms with E-state index in [1.165, 1.54) is 22.3 Å². The van der Waals surface area contributed by atoms with Gasteiger partial charge in [-0.2, -0.15) is 0 Å².